The Balaban J connectivity index is 0.00000169. The number of aromatic nitrogens is 1. The Morgan fingerprint density at radius 1 is 1.21 bits per heavy atom. The van der Waals surface area contributed by atoms with E-state index in [2.05, 4.69) is 20.8 Å². The minimum atomic E-state index is 0. The van der Waals surface area contributed by atoms with Crippen LogP contribution in [0.5, 0.6) is 5.75 Å². The van der Waals surface area contributed by atoms with Crippen LogP contribution < -0.4 is 33.3 Å². The van der Waals surface area contributed by atoms with Crippen molar-refractivity contribution in [2.75, 3.05) is 6.61 Å². The zero-order chi connectivity index (χ0) is 9.90. The molecule has 0 aliphatic carbocycles. The molecular weight excluding hydrogens is 289 g/mol. The van der Waals surface area contributed by atoms with Gasteiger partial charge in [0.15, 0.2) is 12.4 Å². The molecule has 0 aromatic carbocycles. The van der Waals surface area contributed by atoms with Gasteiger partial charge in [-0.1, -0.05) is 20.8 Å². The van der Waals surface area contributed by atoms with Gasteiger partial charge in [-0.25, -0.2) is 4.57 Å². The third-order valence-electron chi connectivity index (χ3n) is 1.62. The highest BCUT2D eigenvalue weighted by molar-refractivity contribution is 5.14. The minimum absolute atomic E-state index is 0. The third kappa shape index (κ3) is 5.42. The van der Waals surface area contributed by atoms with Crippen molar-refractivity contribution in [3.8, 4) is 5.75 Å². The van der Waals surface area contributed by atoms with Crippen LogP contribution >= 0.6 is 0 Å². The Bertz CT molecular complexity index is 264. The molecule has 1 aromatic heterocycles. The number of pyridine rings is 1. The molecule has 0 aliphatic rings. The first kappa shape index (κ1) is 13.7. The lowest BCUT2D eigenvalue weighted by Crippen LogP contribution is -3.00. The summed E-state index contributed by atoms with van der Waals surface area (Å²) in [5.41, 5.74) is 0.220. The number of nitrogens with zero attached hydrogens (tertiary/aromatic N) is 1. The van der Waals surface area contributed by atoms with E-state index >= 15 is 0 Å². The van der Waals surface area contributed by atoms with Crippen LogP contribution in [0.1, 0.15) is 20.8 Å². The van der Waals surface area contributed by atoms with Gasteiger partial charge in [-0.15, -0.1) is 0 Å². The molecule has 0 saturated carbocycles. The summed E-state index contributed by atoms with van der Waals surface area (Å²) >= 11 is 0. The fourth-order valence-corrected chi connectivity index (χ4v) is 0.883. The first-order valence-corrected chi connectivity index (χ1v) is 4.55. The van der Waals surface area contributed by atoms with Crippen LogP contribution in [-0.4, -0.2) is 6.61 Å². The summed E-state index contributed by atoms with van der Waals surface area (Å²) < 4.78 is 7.60. The molecule has 0 aliphatic heterocycles. The molecule has 0 spiro atoms. The number of ether oxygens (including phenoxy) is 1. The Labute approximate surface area is 103 Å². The average Bonchev–Trinajstić information content (AvgIpc) is 2.02. The van der Waals surface area contributed by atoms with Gasteiger partial charge in [0.25, 0.3) is 0 Å². The monoisotopic (exact) mass is 307 g/mol. The molecule has 0 saturated heterocycles. The molecule has 0 fully saturated rings. The number of hydrogen-bond acceptors (Lipinski definition) is 1. The maximum atomic E-state index is 5.61. The molecule has 0 unspecified atom stereocenters. The van der Waals surface area contributed by atoms with Gasteiger partial charge >= 0.3 is 0 Å². The topological polar surface area (TPSA) is 13.1 Å². The minimum Gasteiger partial charge on any atom is -1.00 e. The third-order valence-corrected chi connectivity index (χ3v) is 1.62. The average molecular weight is 307 g/mol. The van der Waals surface area contributed by atoms with Crippen molar-refractivity contribution in [1.29, 1.82) is 0 Å². The molecule has 0 radical (unpaired) electrons. The van der Waals surface area contributed by atoms with Gasteiger partial charge in [0.2, 0.25) is 0 Å². The van der Waals surface area contributed by atoms with Crippen LogP contribution in [0.25, 0.3) is 0 Å². The van der Waals surface area contributed by atoms with E-state index in [9.17, 15) is 0 Å². The molecule has 80 valence electrons. The first-order chi connectivity index (χ1) is 5.97. The van der Waals surface area contributed by atoms with E-state index < -0.39 is 0 Å². The predicted octanol–water partition coefficient (Wildman–Crippen LogP) is -1.06. The van der Waals surface area contributed by atoms with E-state index in [-0.39, 0.29) is 29.4 Å². The second kappa shape index (κ2) is 5.53. The Morgan fingerprint density at radius 2 is 1.71 bits per heavy atom. The van der Waals surface area contributed by atoms with Crippen molar-refractivity contribution in [3.05, 3.63) is 24.5 Å². The van der Waals surface area contributed by atoms with E-state index in [0.717, 1.165) is 12.4 Å². The zero-order valence-corrected chi connectivity index (χ0v) is 11.4. The zero-order valence-electron chi connectivity index (χ0n) is 9.25. The van der Waals surface area contributed by atoms with Crippen LogP contribution in [0.4, 0.5) is 0 Å². The van der Waals surface area contributed by atoms with Crippen LogP contribution in [0.3, 0.4) is 0 Å². The van der Waals surface area contributed by atoms with Gasteiger partial charge in [0, 0.05) is 12.1 Å². The second-order valence-electron chi connectivity index (χ2n) is 4.55. The van der Waals surface area contributed by atoms with Crippen molar-refractivity contribution in [2.45, 2.75) is 20.8 Å². The van der Waals surface area contributed by atoms with E-state index in [1.807, 2.05) is 36.1 Å². The molecule has 3 heteroatoms. The quantitative estimate of drug-likeness (QED) is 0.501. The van der Waals surface area contributed by atoms with Crippen LogP contribution in [0.15, 0.2) is 24.5 Å². The van der Waals surface area contributed by atoms with Crippen LogP contribution in [-0.2, 0) is 7.05 Å². The summed E-state index contributed by atoms with van der Waals surface area (Å²) in [5, 5.41) is 0. The first-order valence-electron chi connectivity index (χ1n) is 4.55. The van der Waals surface area contributed by atoms with Crippen molar-refractivity contribution in [3.63, 3.8) is 0 Å². The van der Waals surface area contributed by atoms with Gasteiger partial charge in [-0.3, -0.25) is 0 Å². The molecule has 2 nitrogen and oxygen atoms in total. The summed E-state index contributed by atoms with van der Waals surface area (Å²) in [7, 11) is 1.99. The molecular formula is C11H18INO. The lowest BCUT2D eigenvalue weighted by Gasteiger charge is -2.18. The molecule has 1 heterocycles. The second-order valence-corrected chi connectivity index (χ2v) is 4.55. The smallest absolute Gasteiger partial charge is 0.172 e. The van der Waals surface area contributed by atoms with Gasteiger partial charge in [-0.2, -0.15) is 0 Å². The van der Waals surface area contributed by atoms with Gasteiger partial charge in [0.1, 0.15) is 12.8 Å². The largest absolute Gasteiger partial charge is 1.00 e. The molecule has 1 aromatic rings. The number of halogens is 1. The molecule has 0 N–H and O–H groups in total. The Kier molecular flexibility index (Phi) is 5.41. The Hall–Kier alpha value is -0.320. The summed E-state index contributed by atoms with van der Waals surface area (Å²) in [6.45, 7) is 7.24. The number of rotatable bonds is 2. The van der Waals surface area contributed by atoms with Gasteiger partial charge < -0.3 is 28.7 Å². The fourth-order valence-electron chi connectivity index (χ4n) is 0.883. The van der Waals surface area contributed by atoms with Crippen molar-refractivity contribution in [1.82, 2.24) is 0 Å². The number of hydrogen-bond donors (Lipinski definition) is 0. The van der Waals surface area contributed by atoms with E-state index in [1.54, 1.807) is 0 Å². The SMILES string of the molecule is C[n+]1ccc(OCC(C)(C)C)cc1.[I-]. The van der Waals surface area contributed by atoms with Gasteiger partial charge in [-0.05, 0) is 5.41 Å². The highest BCUT2D eigenvalue weighted by atomic mass is 127. The van der Waals surface area contributed by atoms with E-state index in [0.29, 0.717) is 0 Å². The molecule has 1 rings (SSSR count). The number of aryl methyl sites for hydroxylation is 1. The normalized spacial score (nSPS) is 10.6. The summed E-state index contributed by atoms with van der Waals surface area (Å²) in [6.07, 6.45) is 3.97. The lowest BCUT2D eigenvalue weighted by atomic mass is 9.99. The standard InChI is InChI=1S/C11H18NO.HI/c1-11(2,3)9-13-10-5-7-12(4)8-6-10;/h5-8H,9H2,1-4H3;1H/q+1;/p-1. The van der Waals surface area contributed by atoms with Crippen LogP contribution in [0, 0.1) is 5.41 Å². The maximum Gasteiger partial charge on any atom is 0.172 e. The summed E-state index contributed by atoms with van der Waals surface area (Å²) in [4.78, 5) is 0. The molecule has 14 heavy (non-hydrogen) atoms. The highest BCUT2D eigenvalue weighted by Crippen LogP contribution is 2.15. The molecule has 0 bridgehead atoms. The van der Waals surface area contributed by atoms with Crippen LogP contribution in [0.2, 0.25) is 0 Å². The maximum absolute atomic E-state index is 5.61. The summed E-state index contributed by atoms with van der Waals surface area (Å²) in [6, 6.07) is 3.96. The van der Waals surface area contributed by atoms with E-state index in [4.69, 9.17) is 4.74 Å². The van der Waals surface area contributed by atoms with Crippen molar-refractivity contribution >= 4 is 0 Å². The fraction of sp³-hybridized carbons (Fsp3) is 0.545. The molecule has 0 atom stereocenters. The van der Waals surface area contributed by atoms with Crippen molar-refractivity contribution < 1.29 is 33.3 Å². The van der Waals surface area contributed by atoms with Gasteiger partial charge in [0.05, 0.1) is 6.61 Å². The van der Waals surface area contributed by atoms with E-state index in [1.165, 1.54) is 0 Å². The predicted molar refractivity (Wildman–Crippen MR) is 52.6 cm³/mol. The highest BCUT2D eigenvalue weighted by Gasteiger charge is 2.11. The lowest BCUT2D eigenvalue weighted by molar-refractivity contribution is -0.671. The molecule has 0 amide bonds. The Morgan fingerprint density at radius 3 is 2.14 bits per heavy atom. The van der Waals surface area contributed by atoms with Crippen molar-refractivity contribution in [2.24, 2.45) is 12.5 Å². The summed E-state index contributed by atoms with van der Waals surface area (Å²) in [5.74, 6) is 0.938.